The fraction of sp³-hybridized carbons (Fsp3) is 0.435. The van der Waals surface area contributed by atoms with Crippen molar-refractivity contribution in [1.82, 2.24) is 0 Å². The monoisotopic (exact) mass is 404 g/mol. The minimum Gasteiger partial charge on any atom is -0.507 e. The third kappa shape index (κ3) is 5.08. The average Bonchev–Trinajstić information content (AvgIpc) is 2.51. The summed E-state index contributed by atoms with van der Waals surface area (Å²) in [5.41, 5.74) is 3.19. The van der Waals surface area contributed by atoms with Crippen molar-refractivity contribution in [2.75, 3.05) is 0 Å². The van der Waals surface area contributed by atoms with Crippen molar-refractivity contribution in [3.63, 3.8) is 0 Å². The van der Waals surface area contributed by atoms with Crippen LogP contribution >= 0.6 is 23.4 Å². The zero-order chi connectivity index (χ0) is 20.6. The van der Waals surface area contributed by atoms with Gasteiger partial charge in [-0.05, 0) is 39.2 Å². The number of benzene rings is 2. The molecule has 0 aliphatic rings. The third-order valence-electron chi connectivity index (χ3n) is 4.52. The van der Waals surface area contributed by atoms with Crippen LogP contribution in [0.4, 0.5) is 0 Å². The van der Waals surface area contributed by atoms with Crippen LogP contribution in [0.15, 0.2) is 36.4 Å². The van der Waals surface area contributed by atoms with Crippen LogP contribution < -0.4 is 0 Å². The number of phenolic OH excluding ortho intramolecular Hbond substituents is 1. The van der Waals surface area contributed by atoms with E-state index in [2.05, 4.69) is 41.5 Å². The summed E-state index contributed by atoms with van der Waals surface area (Å²) in [6.45, 7) is 14.1. The van der Waals surface area contributed by atoms with E-state index in [1.165, 1.54) is 11.8 Å². The SMILES string of the molecule is CC(=O)SC(c1cc(C(C)(C)C)c(O)c(C(C)(C)C)c1)c1ccccc1Cl. The summed E-state index contributed by atoms with van der Waals surface area (Å²) in [6.07, 6.45) is 0. The molecular weight excluding hydrogens is 376 g/mol. The molecule has 27 heavy (non-hydrogen) atoms. The van der Waals surface area contributed by atoms with Crippen LogP contribution in [0.5, 0.6) is 5.75 Å². The van der Waals surface area contributed by atoms with Crippen LogP contribution in [0.25, 0.3) is 0 Å². The first-order valence-electron chi connectivity index (χ1n) is 9.12. The maximum absolute atomic E-state index is 12.0. The first-order chi connectivity index (χ1) is 12.3. The minimum absolute atomic E-state index is 0.0302. The number of carbonyl (C=O) groups is 1. The van der Waals surface area contributed by atoms with Crippen LogP contribution in [0.3, 0.4) is 0 Å². The van der Waals surface area contributed by atoms with E-state index < -0.39 is 0 Å². The quantitative estimate of drug-likeness (QED) is 0.597. The van der Waals surface area contributed by atoms with Gasteiger partial charge < -0.3 is 5.11 Å². The molecule has 2 aromatic carbocycles. The van der Waals surface area contributed by atoms with Gasteiger partial charge in [0, 0.05) is 11.9 Å². The Bertz CT molecular complexity index is 809. The van der Waals surface area contributed by atoms with Gasteiger partial charge in [-0.25, -0.2) is 0 Å². The molecule has 2 nitrogen and oxygen atoms in total. The molecule has 0 heterocycles. The number of hydrogen-bond acceptors (Lipinski definition) is 3. The van der Waals surface area contributed by atoms with Crippen molar-refractivity contribution in [1.29, 1.82) is 0 Å². The van der Waals surface area contributed by atoms with Gasteiger partial charge in [-0.15, -0.1) is 0 Å². The maximum Gasteiger partial charge on any atom is 0.186 e. The number of thioether (sulfide) groups is 1. The van der Waals surface area contributed by atoms with Gasteiger partial charge in [0.05, 0.1) is 5.25 Å². The first-order valence-corrected chi connectivity index (χ1v) is 10.4. The highest BCUT2D eigenvalue weighted by Gasteiger charge is 2.29. The summed E-state index contributed by atoms with van der Waals surface area (Å²) in [5, 5.41) is 11.4. The van der Waals surface area contributed by atoms with Gasteiger partial charge in [0.2, 0.25) is 0 Å². The fourth-order valence-electron chi connectivity index (χ4n) is 3.12. The van der Waals surface area contributed by atoms with Crippen molar-refractivity contribution in [2.45, 2.75) is 64.5 Å². The lowest BCUT2D eigenvalue weighted by molar-refractivity contribution is -0.109. The highest BCUT2D eigenvalue weighted by atomic mass is 35.5. The van der Waals surface area contributed by atoms with E-state index in [-0.39, 0.29) is 21.2 Å². The first kappa shape index (κ1) is 21.8. The molecule has 0 aromatic heterocycles. The van der Waals surface area contributed by atoms with Gasteiger partial charge >= 0.3 is 0 Å². The molecule has 146 valence electrons. The second kappa shape index (κ2) is 7.89. The van der Waals surface area contributed by atoms with E-state index >= 15 is 0 Å². The Morgan fingerprint density at radius 1 is 1.00 bits per heavy atom. The molecule has 1 atom stereocenters. The largest absolute Gasteiger partial charge is 0.507 e. The summed E-state index contributed by atoms with van der Waals surface area (Å²) in [7, 11) is 0. The fourth-order valence-corrected chi connectivity index (χ4v) is 4.36. The van der Waals surface area contributed by atoms with E-state index in [4.69, 9.17) is 11.6 Å². The average molecular weight is 405 g/mol. The Morgan fingerprint density at radius 2 is 1.48 bits per heavy atom. The Kier molecular flexibility index (Phi) is 6.38. The Morgan fingerprint density at radius 3 is 1.89 bits per heavy atom. The highest BCUT2D eigenvalue weighted by molar-refractivity contribution is 8.13. The number of hydrogen-bond donors (Lipinski definition) is 1. The lowest BCUT2D eigenvalue weighted by atomic mass is 9.78. The van der Waals surface area contributed by atoms with Crippen molar-refractivity contribution in [2.24, 2.45) is 0 Å². The molecule has 0 aliphatic carbocycles. The van der Waals surface area contributed by atoms with Crippen molar-refractivity contribution in [3.05, 3.63) is 63.7 Å². The van der Waals surface area contributed by atoms with Crippen molar-refractivity contribution < 1.29 is 9.90 Å². The van der Waals surface area contributed by atoms with Gasteiger partial charge in [-0.3, -0.25) is 4.79 Å². The molecule has 1 N–H and O–H groups in total. The molecule has 0 radical (unpaired) electrons. The van der Waals surface area contributed by atoms with Gasteiger partial charge in [-0.2, -0.15) is 0 Å². The summed E-state index contributed by atoms with van der Waals surface area (Å²) in [6, 6.07) is 11.7. The summed E-state index contributed by atoms with van der Waals surface area (Å²) >= 11 is 7.73. The summed E-state index contributed by atoms with van der Waals surface area (Å²) < 4.78 is 0. The molecule has 2 rings (SSSR count). The van der Waals surface area contributed by atoms with E-state index in [9.17, 15) is 9.90 Å². The molecule has 0 aliphatic heterocycles. The van der Waals surface area contributed by atoms with Gasteiger partial charge in [0.15, 0.2) is 5.12 Å². The number of rotatable bonds is 3. The third-order valence-corrected chi connectivity index (χ3v) is 5.96. The number of phenols is 1. The van der Waals surface area contributed by atoms with Crippen LogP contribution in [-0.2, 0) is 15.6 Å². The lowest BCUT2D eigenvalue weighted by Crippen LogP contribution is -2.18. The Balaban J connectivity index is 2.79. The van der Waals surface area contributed by atoms with Gasteiger partial charge in [-0.1, -0.05) is 95.2 Å². The lowest BCUT2D eigenvalue weighted by Gasteiger charge is -2.30. The normalized spacial score (nSPS) is 13.5. The second-order valence-corrected chi connectivity index (χ2v) is 10.7. The van der Waals surface area contributed by atoms with Crippen LogP contribution in [0.1, 0.15) is 76.0 Å². The summed E-state index contributed by atoms with van der Waals surface area (Å²) in [4.78, 5) is 12.0. The van der Waals surface area contributed by atoms with Crippen molar-refractivity contribution >= 4 is 28.5 Å². The Hall–Kier alpha value is -1.45. The van der Waals surface area contributed by atoms with Gasteiger partial charge in [0.1, 0.15) is 5.75 Å². The van der Waals surface area contributed by atoms with Crippen molar-refractivity contribution in [3.8, 4) is 5.75 Å². The molecule has 2 aromatic rings. The molecule has 4 heteroatoms. The molecule has 1 unspecified atom stereocenters. The van der Waals surface area contributed by atoms with E-state index in [1.807, 2.05) is 36.4 Å². The molecule has 0 spiro atoms. The smallest absolute Gasteiger partial charge is 0.186 e. The van der Waals surface area contributed by atoms with E-state index in [0.29, 0.717) is 10.8 Å². The number of aromatic hydroxyl groups is 1. The maximum atomic E-state index is 12.0. The predicted octanol–water partition coefficient (Wildman–Crippen LogP) is 7.01. The highest BCUT2D eigenvalue weighted by Crippen LogP contribution is 2.45. The summed E-state index contributed by atoms with van der Waals surface area (Å²) in [5.74, 6) is 0.337. The molecule has 0 amide bonds. The number of carbonyl (C=O) groups excluding carboxylic acids is 1. The van der Waals surface area contributed by atoms with E-state index in [0.717, 1.165) is 22.3 Å². The molecule has 0 saturated carbocycles. The van der Waals surface area contributed by atoms with Crippen LogP contribution in [-0.4, -0.2) is 10.2 Å². The molecular formula is C23H29ClO2S. The Labute approximate surface area is 172 Å². The van der Waals surface area contributed by atoms with Crippen LogP contribution in [0.2, 0.25) is 5.02 Å². The van der Waals surface area contributed by atoms with E-state index in [1.54, 1.807) is 6.92 Å². The van der Waals surface area contributed by atoms with Gasteiger partial charge in [0.25, 0.3) is 0 Å². The minimum atomic E-state index is -0.230. The molecule has 0 bridgehead atoms. The zero-order valence-corrected chi connectivity index (χ0v) is 18.8. The second-order valence-electron chi connectivity index (χ2n) is 8.98. The predicted molar refractivity (Wildman–Crippen MR) is 117 cm³/mol. The molecule has 0 saturated heterocycles. The zero-order valence-electron chi connectivity index (χ0n) is 17.2. The topological polar surface area (TPSA) is 37.3 Å². The molecule has 0 fully saturated rings. The standard InChI is InChI=1S/C23H29ClO2S/c1-14(25)27-21(16-10-8-9-11-19(16)24)15-12-17(22(2,3)4)20(26)18(13-15)23(5,6)7/h8-13,21,26H,1-7H3. The van der Waals surface area contributed by atoms with Crippen LogP contribution in [0, 0.1) is 0 Å². The number of halogens is 1.